The molecular weight excluding hydrogens is 512 g/mol. The molecule has 6 nitrogen and oxygen atoms in total. The molecule has 3 rings (SSSR count). The third-order valence-electron chi connectivity index (χ3n) is 8.84. The minimum Gasteiger partial charge on any atom is -0.408 e. The van der Waals surface area contributed by atoms with E-state index >= 15 is 0 Å². The SMILES string of the molecule is C=C(C)C[C@@H](O)[C@H]1O[C@@H]2CO[C@@H](c3ccccc3)O[C@H]2[C@H](O[Si](C)(C)C(C)(C)C)[C@@H]1O[Si](C)(C)C(C)(C)C. The number of ether oxygens (including phenoxy) is 3. The Kier molecular flexibility index (Phi) is 9.64. The molecule has 0 saturated carbocycles. The second kappa shape index (κ2) is 11.6. The zero-order valence-corrected chi connectivity index (χ0v) is 27.5. The summed E-state index contributed by atoms with van der Waals surface area (Å²) in [6.07, 6.45) is -3.13. The van der Waals surface area contributed by atoms with Gasteiger partial charge in [-0.05, 0) is 49.6 Å². The van der Waals surface area contributed by atoms with Crippen molar-refractivity contribution >= 4 is 16.6 Å². The lowest BCUT2D eigenvalue weighted by atomic mass is 9.90. The van der Waals surface area contributed by atoms with Gasteiger partial charge in [-0.1, -0.05) is 77.4 Å². The number of hydrogen-bond donors (Lipinski definition) is 1. The predicted octanol–water partition coefficient (Wildman–Crippen LogP) is 6.98. The van der Waals surface area contributed by atoms with Gasteiger partial charge in [0.2, 0.25) is 0 Å². The quantitative estimate of drug-likeness (QED) is 0.272. The molecule has 0 spiro atoms. The summed E-state index contributed by atoms with van der Waals surface area (Å²) < 4.78 is 33.8. The first-order valence-corrected chi connectivity index (χ1v) is 19.8. The fourth-order valence-corrected chi connectivity index (χ4v) is 7.08. The summed E-state index contributed by atoms with van der Waals surface area (Å²) in [5, 5.41) is 11.4. The molecule has 1 aromatic rings. The molecule has 38 heavy (non-hydrogen) atoms. The fourth-order valence-electron chi connectivity index (χ4n) is 4.48. The molecule has 0 aliphatic carbocycles. The van der Waals surface area contributed by atoms with Gasteiger partial charge in [0.1, 0.15) is 30.5 Å². The average Bonchev–Trinajstić information content (AvgIpc) is 2.78. The number of aliphatic hydroxyl groups excluding tert-OH is 1. The van der Waals surface area contributed by atoms with Gasteiger partial charge < -0.3 is 28.2 Å². The van der Waals surface area contributed by atoms with Crippen molar-refractivity contribution in [2.75, 3.05) is 6.61 Å². The normalized spacial score (nSPS) is 30.0. The topological polar surface area (TPSA) is 66.4 Å². The van der Waals surface area contributed by atoms with E-state index in [0.717, 1.165) is 11.1 Å². The Morgan fingerprint density at radius 2 is 1.47 bits per heavy atom. The summed E-state index contributed by atoms with van der Waals surface area (Å²) >= 11 is 0. The maximum atomic E-state index is 11.4. The van der Waals surface area contributed by atoms with E-state index in [-0.39, 0.29) is 16.2 Å². The lowest BCUT2D eigenvalue weighted by Gasteiger charge is -2.55. The van der Waals surface area contributed by atoms with Gasteiger partial charge in [-0.15, -0.1) is 6.58 Å². The van der Waals surface area contributed by atoms with Crippen molar-refractivity contribution in [3.63, 3.8) is 0 Å². The molecule has 0 aromatic heterocycles. The van der Waals surface area contributed by atoms with Crippen LogP contribution in [0.4, 0.5) is 0 Å². The largest absolute Gasteiger partial charge is 0.408 e. The van der Waals surface area contributed by atoms with Crippen LogP contribution < -0.4 is 0 Å². The monoisotopic (exact) mass is 564 g/mol. The van der Waals surface area contributed by atoms with Gasteiger partial charge in [0.25, 0.3) is 0 Å². The molecule has 2 saturated heterocycles. The van der Waals surface area contributed by atoms with Crippen LogP contribution in [-0.2, 0) is 23.1 Å². The molecule has 2 aliphatic heterocycles. The van der Waals surface area contributed by atoms with Crippen LogP contribution in [0, 0.1) is 0 Å². The molecule has 2 fully saturated rings. The molecular formula is C30H52O6Si2. The van der Waals surface area contributed by atoms with Gasteiger partial charge in [-0.25, -0.2) is 0 Å². The minimum absolute atomic E-state index is 0.0157. The van der Waals surface area contributed by atoms with Gasteiger partial charge in [0.15, 0.2) is 22.9 Å². The van der Waals surface area contributed by atoms with Crippen molar-refractivity contribution in [1.29, 1.82) is 0 Å². The van der Waals surface area contributed by atoms with Crippen LogP contribution in [0.25, 0.3) is 0 Å². The highest BCUT2D eigenvalue weighted by molar-refractivity contribution is 6.74. The summed E-state index contributed by atoms with van der Waals surface area (Å²) in [6, 6.07) is 9.99. The highest BCUT2D eigenvalue weighted by atomic mass is 28.4. The predicted molar refractivity (Wildman–Crippen MR) is 158 cm³/mol. The summed E-state index contributed by atoms with van der Waals surface area (Å²) in [4.78, 5) is 0. The third kappa shape index (κ3) is 7.07. The van der Waals surface area contributed by atoms with E-state index < -0.39 is 53.4 Å². The molecule has 0 bridgehead atoms. The Hall–Kier alpha value is -0.846. The number of aliphatic hydroxyl groups is 1. The second-order valence-corrected chi connectivity index (χ2v) is 23.7. The van der Waals surface area contributed by atoms with Crippen LogP contribution in [0.15, 0.2) is 42.5 Å². The number of rotatable bonds is 8. The van der Waals surface area contributed by atoms with Crippen molar-refractivity contribution < 1.29 is 28.2 Å². The molecule has 0 amide bonds. The first-order chi connectivity index (χ1) is 17.3. The van der Waals surface area contributed by atoms with Gasteiger partial charge in [0.05, 0.1) is 12.7 Å². The van der Waals surface area contributed by atoms with Crippen molar-refractivity contribution in [3.8, 4) is 0 Å². The van der Waals surface area contributed by atoms with Crippen molar-refractivity contribution in [2.45, 2.75) is 134 Å². The van der Waals surface area contributed by atoms with Crippen molar-refractivity contribution in [3.05, 3.63) is 48.0 Å². The lowest BCUT2D eigenvalue weighted by molar-refractivity contribution is -0.331. The maximum absolute atomic E-state index is 11.4. The van der Waals surface area contributed by atoms with Crippen LogP contribution in [0.5, 0.6) is 0 Å². The van der Waals surface area contributed by atoms with Crippen LogP contribution >= 0.6 is 0 Å². The van der Waals surface area contributed by atoms with Crippen LogP contribution in [-0.4, -0.2) is 65.0 Å². The van der Waals surface area contributed by atoms with E-state index in [0.29, 0.717) is 13.0 Å². The fraction of sp³-hybridized carbons (Fsp3) is 0.733. The minimum atomic E-state index is -2.29. The Bertz CT molecular complexity index is 936. The summed E-state index contributed by atoms with van der Waals surface area (Å²) in [5.41, 5.74) is 1.86. The van der Waals surface area contributed by atoms with E-state index in [4.69, 9.17) is 23.1 Å². The Morgan fingerprint density at radius 1 is 0.947 bits per heavy atom. The lowest BCUT2D eigenvalue weighted by Crippen LogP contribution is -2.69. The van der Waals surface area contributed by atoms with Crippen molar-refractivity contribution in [2.24, 2.45) is 0 Å². The van der Waals surface area contributed by atoms with Crippen LogP contribution in [0.2, 0.25) is 36.3 Å². The number of hydrogen-bond acceptors (Lipinski definition) is 6. The molecule has 2 aliphatic rings. The van der Waals surface area contributed by atoms with Gasteiger partial charge in [-0.2, -0.15) is 0 Å². The maximum Gasteiger partial charge on any atom is 0.192 e. The summed E-state index contributed by atoms with van der Waals surface area (Å²) in [5.74, 6) is 0. The smallest absolute Gasteiger partial charge is 0.192 e. The first kappa shape index (κ1) is 31.7. The van der Waals surface area contributed by atoms with Crippen molar-refractivity contribution in [1.82, 2.24) is 0 Å². The molecule has 0 radical (unpaired) electrons. The molecule has 1 aromatic carbocycles. The zero-order valence-electron chi connectivity index (χ0n) is 25.5. The molecule has 2 heterocycles. The van der Waals surface area contributed by atoms with Crippen LogP contribution in [0.1, 0.15) is 66.7 Å². The highest BCUT2D eigenvalue weighted by Gasteiger charge is 2.57. The van der Waals surface area contributed by atoms with Gasteiger partial charge in [0, 0.05) is 5.56 Å². The Balaban J connectivity index is 2.08. The Morgan fingerprint density at radius 3 is 1.97 bits per heavy atom. The summed E-state index contributed by atoms with van der Waals surface area (Å²) in [6.45, 7) is 28.7. The number of fused-ring (bicyclic) bond motifs is 1. The average molecular weight is 565 g/mol. The van der Waals surface area contributed by atoms with Crippen LogP contribution in [0.3, 0.4) is 0 Å². The molecule has 7 atom stereocenters. The molecule has 1 N–H and O–H groups in total. The third-order valence-corrected chi connectivity index (χ3v) is 17.8. The standard InChI is InChI=1S/C30H52O6Si2/c1-20(2)18-22(31)24-26(35-37(9,10)29(3,4)5)27(36-38(11,12)30(6,7)8)25-23(33-24)19-32-28(34-25)21-16-14-13-15-17-21/h13-17,22-28,31H,1,18-19H2,2-12H3/t22-,23-,24-,25-,26-,27+,28-/m1/s1. The van der Waals surface area contributed by atoms with Gasteiger partial charge >= 0.3 is 0 Å². The van der Waals surface area contributed by atoms with E-state index in [1.54, 1.807) is 0 Å². The molecule has 216 valence electrons. The first-order valence-electron chi connectivity index (χ1n) is 14.0. The Labute approximate surface area is 233 Å². The second-order valence-electron chi connectivity index (χ2n) is 14.2. The van der Waals surface area contributed by atoms with E-state index in [9.17, 15) is 5.11 Å². The van der Waals surface area contributed by atoms with E-state index in [1.807, 2.05) is 37.3 Å². The van der Waals surface area contributed by atoms with Gasteiger partial charge in [-0.3, -0.25) is 0 Å². The summed E-state index contributed by atoms with van der Waals surface area (Å²) in [7, 11) is -4.55. The zero-order chi connectivity index (χ0) is 28.7. The van der Waals surface area contributed by atoms with E-state index in [2.05, 4.69) is 74.3 Å². The number of benzene rings is 1. The van der Waals surface area contributed by atoms with E-state index in [1.165, 1.54) is 0 Å². The molecule has 0 unspecified atom stereocenters. The molecule has 8 heteroatoms. The highest BCUT2D eigenvalue weighted by Crippen LogP contribution is 2.46.